The number of benzene rings is 1. The van der Waals surface area contributed by atoms with Gasteiger partial charge in [-0.3, -0.25) is 0 Å². The Morgan fingerprint density at radius 2 is 2.00 bits per heavy atom. The Balaban J connectivity index is 2.21. The first-order valence-electron chi connectivity index (χ1n) is 5.58. The zero-order chi connectivity index (χ0) is 13.4. The highest BCUT2D eigenvalue weighted by molar-refractivity contribution is 6.36. The van der Waals surface area contributed by atoms with Crippen LogP contribution in [0.25, 0.3) is 17.3 Å². The molecule has 0 bridgehead atoms. The van der Waals surface area contributed by atoms with Crippen LogP contribution in [0.15, 0.2) is 41.0 Å². The summed E-state index contributed by atoms with van der Waals surface area (Å²) >= 11 is 12.1. The molecule has 0 fully saturated rings. The van der Waals surface area contributed by atoms with Crippen LogP contribution in [0.2, 0.25) is 10.0 Å². The van der Waals surface area contributed by atoms with Gasteiger partial charge in [0, 0.05) is 16.7 Å². The molecular formula is C13H9Cl2N3O. The van der Waals surface area contributed by atoms with Crippen LogP contribution in [0.1, 0.15) is 5.82 Å². The largest absolute Gasteiger partial charge is 0.448 e. The van der Waals surface area contributed by atoms with E-state index in [1.807, 2.05) is 25.1 Å². The topological polar surface area (TPSA) is 43.9 Å². The Kier molecular flexibility index (Phi) is 3.05. The third-order valence-electron chi connectivity index (χ3n) is 2.72. The lowest BCUT2D eigenvalue weighted by atomic mass is 10.2. The van der Waals surface area contributed by atoms with E-state index in [4.69, 9.17) is 27.6 Å². The fourth-order valence-electron chi connectivity index (χ4n) is 1.87. The van der Waals surface area contributed by atoms with Crippen molar-refractivity contribution in [3.8, 4) is 17.3 Å². The molecule has 96 valence electrons. The first kappa shape index (κ1) is 12.3. The Labute approximate surface area is 119 Å². The Morgan fingerprint density at radius 3 is 2.68 bits per heavy atom. The molecule has 0 unspecified atom stereocenters. The monoisotopic (exact) mass is 293 g/mol. The molecule has 3 aromatic rings. The molecule has 2 heterocycles. The number of nitrogens with zero attached hydrogens (tertiary/aromatic N) is 3. The van der Waals surface area contributed by atoms with Crippen molar-refractivity contribution in [1.82, 2.24) is 14.8 Å². The minimum Gasteiger partial charge on any atom is -0.448 e. The number of aryl methyl sites for hydroxylation is 1. The molecular weight excluding hydrogens is 285 g/mol. The third kappa shape index (κ3) is 2.13. The quantitative estimate of drug-likeness (QED) is 0.713. The lowest BCUT2D eigenvalue weighted by Crippen LogP contribution is -1.98. The van der Waals surface area contributed by atoms with Crippen LogP contribution < -0.4 is 0 Å². The maximum absolute atomic E-state index is 6.21. The van der Waals surface area contributed by atoms with Gasteiger partial charge in [-0.2, -0.15) is 0 Å². The van der Waals surface area contributed by atoms with Crippen LogP contribution in [0.3, 0.4) is 0 Å². The molecule has 0 aliphatic carbocycles. The summed E-state index contributed by atoms with van der Waals surface area (Å²) in [5.41, 5.74) is 0.753. The van der Waals surface area contributed by atoms with E-state index < -0.39 is 0 Å². The van der Waals surface area contributed by atoms with Crippen LogP contribution in [0, 0.1) is 6.92 Å². The first-order chi connectivity index (χ1) is 9.16. The van der Waals surface area contributed by atoms with Crippen LogP contribution in [0.4, 0.5) is 0 Å². The van der Waals surface area contributed by atoms with E-state index in [-0.39, 0.29) is 0 Å². The molecule has 0 radical (unpaired) electrons. The van der Waals surface area contributed by atoms with Crippen LogP contribution in [0.5, 0.6) is 0 Å². The number of aromatic nitrogens is 3. The van der Waals surface area contributed by atoms with Crippen LogP contribution >= 0.6 is 23.2 Å². The van der Waals surface area contributed by atoms with Gasteiger partial charge in [0.1, 0.15) is 5.82 Å². The molecule has 0 saturated heterocycles. The normalized spacial score (nSPS) is 10.9. The predicted molar refractivity (Wildman–Crippen MR) is 73.8 cm³/mol. The Bertz CT molecular complexity index is 720. The highest BCUT2D eigenvalue weighted by Gasteiger charge is 2.16. The van der Waals surface area contributed by atoms with Gasteiger partial charge in [-0.15, -0.1) is 10.2 Å². The average molecular weight is 294 g/mol. The van der Waals surface area contributed by atoms with Gasteiger partial charge in [-0.05, 0) is 31.2 Å². The number of rotatable bonds is 2. The van der Waals surface area contributed by atoms with Gasteiger partial charge in [-0.1, -0.05) is 23.2 Å². The summed E-state index contributed by atoms with van der Waals surface area (Å²) in [4.78, 5) is 0. The molecule has 0 saturated carbocycles. The molecule has 4 nitrogen and oxygen atoms in total. The van der Waals surface area contributed by atoms with Gasteiger partial charge in [0.15, 0.2) is 5.82 Å². The SMILES string of the molecule is Cc1nnc(-c2ccc(Cl)cc2Cl)n1-c1ccco1. The Hall–Kier alpha value is -1.78. The summed E-state index contributed by atoms with van der Waals surface area (Å²) in [6.45, 7) is 1.85. The lowest BCUT2D eigenvalue weighted by Gasteiger charge is -2.07. The van der Waals surface area contributed by atoms with E-state index in [2.05, 4.69) is 10.2 Å². The summed E-state index contributed by atoms with van der Waals surface area (Å²) in [7, 11) is 0. The van der Waals surface area contributed by atoms with Crippen molar-refractivity contribution in [2.24, 2.45) is 0 Å². The second-order valence-electron chi connectivity index (χ2n) is 3.98. The van der Waals surface area contributed by atoms with Gasteiger partial charge in [0.2, 0.25) is 5.88 Å². The molecule has 19 heavy (non-hydrogen) atoms. The van der Waals surface area contributed by atoms with Crippen LogP contribution in [-0.4, -0.2) is 14.8 Å². The molecule has 6 heteroatoms. The molecule has 1 aromatic carbocycles. The molecule has 0 amide bonds. The van der Waals surface area contributed by atoms with Crippen molar-refractivity contribution in [3.05, 3.63) is 52.5 Å². The van der Waals surface area contributed by atoms with E-state index in [0.29, 0.717) is 21.8 Å². The maximum Gasteiger partial charge on any atom is 0.206 e. The van der Waals surface area contributed by atoms with E-state index in [9.17, 15) is 0 Å². The standard InChI is InChI=1S/C13H9Cl2N3O/c1-8-16-17-13(18(8)12-3-2-6-19-12)10-5-4-9(14)7-11(10)15/h2-7H,1H3. The van der Waals surface area contributed by atoms with Gasteiger partial charge >= 0.3 is 0 Å². The minimum absolute atomic E-state index is 0.521. The molecule has 0 aliphatic rings. The maximum atomic E-state index is 6.21. The van der Waals surface area contributed by atoms with Crippen molar-refractivity contribution in [1.29, 1.82) is 0 Å². The fourth-order valence-corrected chi connectivity index (χ4v) is 2.36. The van der Waals surface area contributed by atoms with Crippen molar-refractivity contribution < 1.29 is 4.42 Å². The summed E-state index contributed by atoms with van der Waals surface area (Å²) < 4.78 is 7.20. The van der Waals surface area contributed by atoms with E-state index in [0.717, 1.165) is 11.4 Å². The summed E-state index contributed by atoms with van der Waals surface area (Å²) in [6.07, 6.45) is 1.60. The summed E-state index contributed by atoms with van der Waals surface area (Å²) in [5, 5.41) is 9.33. The number of hydrogen-bond donors (Lipinski definition) is 0. The predicted octanol–water partition coefficient (Wildman–Crippen LogP) is 4.14. The van der Waals surface area contributed by atoms with Gasteiger partial charge in [0.05, 0.1) is 11.3 Å². The minimum atomic E-state index is 0.521. The van der Waals surface area contributed by atoms with Crippen molar-refractivity contribution in [2.75, 3.05) is 0 Å². The number of halogens is 2. The molecule has 0 N–H and O–H groups in total. The van der Waals surface area contributed by atoms with Gasteiger partial charge in [0.25, 0.3) is 0 Å². The van der Waals surface area contributed by atoms with Crippen molar-refractivity contribution in [2.45, 2.75) is 6.92 Å². The van der Waals surface area contributed by atoms with Crippen molar-refractivity contribution in [3.63, 3.8) is 0 Å². The zero-order valence-electron chi connectivity index (χ0n) is 9.97. The van der Waals surface area contributed by atoms with Crippen molar-refractivity contribution >= 4 is 23.2 Å². The van der Waals surface area contributed by atoms with E-state index in [1.54, 1.807) is 23.0 Å². The molecule has 0 atom stereocenters. The second kappa shape index (κ2) is 4.72. The van der Waals surface area contributed by atoms with Crippen LogP contribution in [-0.2, 0) is 0 Å². The molecule has 0 spiro atoms. The number of hydrogen-bond acceptors (Lipinski definition) is 3. The van der Waals surface area contributed by atoms with E-state index in [1.165, 1.54) is 0 Å². The summed E-state index contributed by atoms with van der Waals surface area (Å²) in [6, 6.07) is 8.90. The number of furan rings is 1. The zero-order valence-corrected chi connectivity index (χ0v) is 11.5. The lowest BCUT2D eigenvalue weighted by molar-refractivity contribution is 0.536. The van der Waals surface area contributed by atoms with Gasteiger partial charge < -0.3 is 4.42 Å². The molecule has 3 rings (SSSR count). The van der Waals surface area contributed by atoms with Gasteiger partial charge in [-0.25, -0.2) is 4.57 Å². The summed E-state index contributed by atoms with van der Waals surface area (Å²) in [5.74, 6) is 1.98. The smallest absolute Gasteiger partial charge is 0.206 e. The molecule has 0 aliphatic heterocycles. The first-order valence-corrected chi connectivity index (χ1v) is 6.34. The highest BCUT2D eigenvalue weighted by Crippen LogP contribution is 2.31. The fraction of sp³-hybridized carbons (Fsp3) is 0.0769. The Morgan fingerprint density at radius 1 is 1.16 bits per heavy atom. The second-order valence-corrected chi connectivity index (χ2v) is 4.83. The van der Waals surface area contributed by atoms with E-state index >= 15 is 0 Å². The third-order valence-corrected chi connectivity index (χ3v) is 3.27. The average Bonchev–Trinajstić information content (AvgIpc) is 2.98. The highest BCUT2D eigenvalue weighted by atomic mass is 35.5. The molecule has 2 aromatic heterocycles.